The molecular formula is C19H22N3O2S+. The first-order chi connectivity index (χ1) is 12.1. The predicted octanol–water partition coefficient (Wildman–Crippen LogP) is 1.38. The van der Waals surface area contributed by atoms with Gasteiger partial charge in [-0.2, -0.15) is 0 Å². The number of amides is 2. The maximum absolute atomic E-state index is 12.5. The number of carbonyl (C=O) groups excluding carboxylic acids is 2. The van der Waals surface area contributed by atoms with E-state index >= 15 is 0 Å². The Balaban J connectivity index is 1.42. The molecule has 2 aromatic rings. The van der Waals surface area contributed by atoms with E-state index in [1.54, 1.807) is 24.3 Å². The molecule has 1 aliphatic carbocycles. The number of anilines is 1. The largest absolute Gasteiger partial charge is 0.366 e. The number of primary amides is 1. The number of fused-ring (bicyclic) bond motifs is 1. The van der Waals surface area contributed by atoms with Gasteiger partial charge >= 0.3 is 0 Å². The lowest BCUT2D eigenvalue weighted by atomic mass is 9.96. The predicted molar refractivity (Wildman–Crippen MR) is 97.8 cm³/mol. The third-order valence-corrected chi connectivity index (χ3v) is 6.16. The highest BCUT2D eigenvalue weighted by molar-refractivity contribution is 7.10. The first-order valence-corrected chi connectivity index (χ1v) is 9.60. The SMILES string of the molecule is NC(=O)c1ccc(NC(=O)C[NH+]2CCc3sccc3[C@H]2C2CC2)cc1. The zero-order chi connectivity index (χ0) is 17.4. The number of hydrogen-bond acceptors (Lipinski definition) is 3. The number of hydrogen-bond donors (Lipinski definition) is 3. The molecule has 2 atom stereocenters. The van der Waals surface area contributed by atoms with Crippen molar-refractivity contribution < 1.29 is 14.5 Å². The van der Waals surface area contributed by atoms with Gasteiger partial charge in [0.2, 0.25) is 5.91 Å². The average Bonchev–Trinajstić information content (AvgIpc) is 3.31. The van der Waals surface area contributed by atoms with Crippen LogP contribution in [0, 0.1) is 5.92 Å². The maximum atomic E-state index is 12.5. The lowest BCUT2D eigenvalue weighted by molar-refractivity contribution is -0.928. The average molecular weight is 356 g/mol. The van der Waals surface area contributed by atoms with Crippen LogP contribution in [0.1, 0.15) is 39.7 Å². The van der Waals surface area contributed by atoms with Gasteiger partial charge in [-0.05, 0) is 48.6 Å². The van der Waals surface area contributed by atoms with E-state index in [1.807, 2.05) is 11.3 Å². The fourth-order valence-corrected chi connectivity index (χ4v) is 4.75. The second-order valence-electron chi connectivity index (χ2n) is 6.94. The van der Waals surface area contributed by atoms with E-state index in [-0.39, 0.29) is 5.91 Å². The number of nitrogens with two attached hydrogens (primary N) is 1. The molecule has 4 rings (SSSR count). The van der Waals surface area contributed by atoms with Crippen molar-refractivity contribution in [3.8, 4) is 0 Å². The summed E-state index contributed by atoms with van der Waals surface area (Å²) < 4.78 is 0. The molecule has 1 aliphatic heterocycles. The van der Waals surface area contributed by atoms with Crippen LogP contribution in [-0.2, 0) is 11.2 Å². The molecule has 1 aromatic carbocycles. The lowest BCUT2D eigenvalue weighted by Crippen LogP contribution is -3.14. The van der Waals surface area contributed by atoms with Gasteiger partial charge < -0.3 is 16.0 Å². The third-order valence-electron chi connectivity index (χ3n) is 5.16. The molecular weight excluding hydrogens is 334 g/mol. The Hall–Kier alpha value is -2.18. The van der Waals surface area contributed by atoms with Crippen LogP contribution < -0.4 is 16.0 Å². The van der Waals surface area contributed by atoms with E-state index < -0.39 is 5.91 Å². The minimum absolute atomic E-state index is 0.0196. The number of quaternary nitrogens is 1. The van der Waals surface area contributed by atoms with E-state index in [9.17, 15) is 9.59 Å². The molecule has 1 saturated carbocycles. The molecule has 0 spiro atoms. The number of nitrogens with one attached hydrogen (secondary N) is 2. The maximum Gasteiger partial charge on any atom is 0.279 e. The highest BCUT2D eigenvalue weighted by Gasteiger charge is 2.43. The van der Waals surface area contributed by atoms with Gasteiger partial charge in [-0.3, -0.25) is 9.59 Å². The molecule has 1 unspecified atom stereocenters. The Morgan fingerprint density at radius 3 is 2.64 bits per heavy atom. The second kappa shape index (κ2) is 6.61. The Morgan fingerprint density at radius 1 is 1.20 bits per heavy atom. The molecule has 2 aliphatic rings. The summed E-state index contributed by atoms with van der Waals surface area (Å²) in [5.74, 6) is 0.284. The lowest BCUT2D eigenvalue weighted by Gasteiger charge is -2.32. The fraction of sp³-hybridized carbons (Fsp3) is 0.368. The summed E-state index contributed by atoms with van der Waals surface area (Å²) in [6.45, 7) is 1.50. The number of benzene rings is 1. The monoisotopic (exact) mass is 356 g/mol. The molecule has 0 saturated heterocycles. The van der Waals surface area contributed by atoms with E-state index in [4.69, 9.17) is 5.73 Å². The summed E-state index contributed by atoms with van der Waals surface area (Å²) in [6.07, 6.45) is 3.62. The summed E-state index contributed by atoms with van der Waals surface area (Å²) in [5, 5.41) is 5.13. The standard InChI is InChI=1S/C19H21N3O2S/c20-19(24)13-3-5-14(6-4-13)21-17(23)11-22-9-7-16-15(8-10-25-16)18(22)12-1-2-12/h3-6,8,10,12,18H,1-2,7,9,11H2,(H2,20,24)(H,21,23)/p+1/t18-/m1/s1. The fourth-order valence-electron chi connectivity index (χ4n) is 3.82. The van der Waals surface area contributed by atoms with Gasteiger partial charge in [-0.25, -0.2) is 0 Å². The van der Waals surface area contributed by atoms with Crippen molar-refractivity contribution in [1.29, 1.82) is 0 Å². The van der Waals surface area contributed by atoms with Gasteiger partial charge in [0.05, 0.1) is 6.54 Å². The van der Waals surface area contributed by atoms with E-state index in [0.717, 1.165) is 18.9 Å². The summed E-state index contributed by atoms with van der Waals surface area (Å²) in [7, 11) is 0. The molecule has 4 N–H and O–H groups in total. The molecule has 6 heteroatoms. The molecule has 130 valence electrons. The Bertz CT molecular complexity index is 795. The van der Waals surface area contributed by atoms with Crippen LogP contribution in [0.2, 0.25) is 0 Å². The van der Waals surface area contributed by atoms with Gasteiger partial charge in [0.1, 0.15) is 6.04 Å². The number of carbonyl (C=O) groups is 2. The summed E-state index contributed by atoms with van der Waals surface area (Å²) >= 11 is 1.85. The molecule has 0 bridgehead atoms. The third kappa shape index (κ3) is 3.45. The van der Waals surface area contributed by atoms with Crippen LogP contribution in [-0.4, -0.2) is 24.9 Å². The Kier molecular flexibility index (Phi) is 4.31. The Morgan fingerprint density at radius 2 is 1.96 bits per heavy atom. The molecule has 1 aromatic heterocycles. The van der Waals surface area contributed by atoms with Crippen molar-refractivity contribution in [2.24, 2.45) is 11.7 Å². The minimum Gasteiger partial charge on any atom is -0.366 e. The van der Waals surface area contributed by atoms with Crippen molar-refractivity contribution in [1.82, 2.24) is 0 Å². The van der Waals surface area contributed by atoms with E-state index in [1.165, 1.54) is 28.2 Å². The first-order valence-electron chi connectivity index (χ1n) is 8.72. The summed E-state index contributed by atoms with van der Waals surface area (Å²) in [6, 6.07) is 9.44. The molecule has 0 radical (unpaired) electrons. The zero-order valence-electron chi connectivity index (χ0n) is 14.0. The molecule has 25 heavy (non-hydrogen) atoms. The molecule has 5 nitrogen and oxygen atoms in total. The van der Waals surface area contributed by atoms with Crippen molar-refractivity contribution in [2.75, 3.05) is 18.4 Å². The summed E-state index contributed by atoms with van der Waals surface area (Å²) in [4.78, 5) is 26.5. The number of thiophene rings is 1. The Labute approximate surface area is 150 Å². The van der Waals surface area contributed by atoms with Crippen molar-refractivity contribution >= 4 is 28.8 Å². The smallest absolute Gasteiger partial charge is 0.279 e. The van der Waals surface area contributed by atoms with E-state index in [2.05, 4.69) is 16.8 Å². The van der Waals surface area contributed by atoms with Crippen molar-refractivity contribution in [3.63, 3.8) is 0 Å². The van der Waals surface area contributed by atoms with Crippen LogP contribution in [0.4, 0.5) is 5.69 Å². The van der Waals surface area contributed by atoms with Crippen molar-refractivity contribution in [2.45, 2.75) is 25.3 Å². The van der Waals surface area contributed by atoms with Crippen LogP contribution in [0.25, 0.3) is 0 Å². The molecule has 2 amide bonds. The highest BCUT2D eigenvalue weighted by atomic mass is 32.1. The van der Waals surface area contributed by atoms with E-state index in [0.29, 0.717) is 23.8 Å². The number of rotatable bonds is 5. The van der Waals surface area contributed by atoms with Gasteiger partial charge in [-0.15, -0.1) is 11.3 Å². The topological polar surface area (TPSA) is 76.6 Å². The van der Waals surface area contributed by atoms with Crippen molar-refractivity contribution in [3.05, 3.63) is 51.7 Å². The molecule has 1 fully saturated rings. The van der Waals surface area contributed by atoms with Gasteiger partial charge in [0.25, 0.3) is 5.91 Å². The van der Waals surface area contributed by atoms with Gasteiger partial charge in [0, 0.05) is 34.0 Å². The highest BCUT2D eigenvalue weighted by Crippen LogP contribution is 2.42. The minimum atomic E-state index is -0.463. The second-order valence-corrected chi connectivity index (χ2v) is 7.94. The van der Waals surface area contributed by atoms with Crippen LogP contribution >= 0.6 is 11.3 Å². The zero-order valence-corrected chi connectivity index (χ0v) is 14.8. The summed E-state index contributed by atoms with van der Waals surface area (Å²) in [5.41, 5.74) is 7.85. The molecule has 2 heterocycles. The normalized spacial score (nSPS) is 22.2. The quantitative estimate of drug-likeness (QED) is 0.757. The van der Waals surface area contributed by atoms with Crippen LogP contribution in [0.3, 0.4) is 0 Å². The van der Waals surface area contributed by atoms with Crippen LogP contribution in [0.5, 0.6) is 0 Å². The first kappa shape index (κ1) is 16.3. The van der Waals surface area contributed by atoms with Gasteiger partial charge in [0.15, 0.2) is 6.54 Å². The van der Waals surface area contributed by atoms with Gasteiger partial charge in [-0.1, -0.05) is 0 Å². The van der Waals surface area contributed by atoms with Crippen LogP contribution in [0.15, 0.2) is 35.7 Å².